The number of benzene rings is 1. The zero-order chi connectivity index (χ0) is 20.1. The molecule has 1 aliphatic heterocycles. The van der Waals surface area contributed by atoms with E-state index in [1.807, 2.05) is 19.1 Å². The average Bonchev–Trinajstić information content (AvgIpc) is 3.22. The number of aromatic nitrogens is 2. The Morgan fingerprint density at radius 1 is 1.32 bits per heavy atom. The van der Waals surface area contributed by atoms with Crippen molar-refractivity contribution in [3.63, 3.8) is 0 Å². The Balaban J connectivity index is 1.62. The fourth-order valence-corrected chi connectivity index (χ4v) is 3.52. The summed E-state index contributed by atoms with van der Waals surface area (Å²) in [5.41, 5.74) is 3.09. The molecule has 0 radical (unpaired) electrons. The first-order chi connectivity index (χ1) is 13.5. The molecule has 148 valence electrons. The molecular formula is C21H25ClN4O2. The van der Waals surface area contributed by atoms with Gasteiger partial charge in [-0.2, -0.15) is 5.10 Å². The molecular weight excluding hydrogens is 376 g/mol. The lowest BCUT2D eigenvalue weighted by atomic mass is 10.2. The standard InChI is InChI=1S/C21H25ClN4O2/c1-3-4-14-26-21(22)18(15(2)24-26)11-12-19(27)23-16-7-9-17(10-8-16)25-13-5-6-20(25)28/h7-12H,3-6,13-14H2,1-2H3,(H,23,27)/b12-11+. The van der Waals surface area contributed by atoms with Crippen molar-refractivity contribution in [1.82, 2.24) is 9.78 Å². The van der Waals surface area contributed by atoms with Crippen LogP contribution in [0.1, 0.15) is 43.9 Å². The Hall–Kier alpha value is -2.60. The van der Waals surface area contributed by atoms with Crippen LogP contribution in [-0.4, -0.2) is 28.1 Å². The third-order valence-electron chi connectivity index (χ3n) is 4.75. The number of hydrogen-bond acceptors (Lipinski definition) is 3. The van der Waals surface area contributed by atoms with Gasteiger partial charge >= 0.3 is 0 Å². The smallest absolute Gasteiger partial charge is 0.248 e. The van der Waals surface area contributed by atoms with Gasteiger partial charge in [-0.3, -0.25) is 14.3 Å². The highest BCUT2D eigenvalue weighted by molar-refractivity contribution is 6.31. The van der Waals surface area contributed by atoms with Gasteiger partial charge in [-0.05, 0) is 50.1 Å². The number of nitrogens with one attached hydrogen (secondary N) is 1. The van der Waals surface area contributed by atoms with Crippen LogP contribution in [0, 0.1) is 6.92 Å². The van der Waals surface area contributed by atoms with Crippen molar-refractivity contribution >= 4 is 40.9 Å². The van der Waals surface area contributed by atoms with E-state index in [0.29, 0.717) is 17.3 Å². The van der Waals surface area contributed by atoms with Crippen LogP contribution in [0.5, 0.6) is 0 Å². The molecule has 28 heavy (non-hydrogen) atoms. The molecule has 1 N–H and O–H groups in total. The zero-order valence-corrected chi connectivity index (χ0v) is 17.0. The SMILES string of the molecule is CCCCn1nc(C)c(/C=C/C(=O)Nc2ccc(N3CCCC3=O)cc2)c1Cl. The molecule has 0 unspecified atom stereocenters. The van der Waals surface area contributed by atoms with Crippen molar-refractivity contribution < 1.29 is 9.59 Å². The Bertz CT molecular complexity index is 887. The molecule has 1 aliphatic rings. The second kappa shape index (κ2) is 9.06. The number of hydrogen-bond donors (Lipinski definition) is 1. The van der Waals surface area contributed by atoms with E-state index in [0.717, 1.165) is 49.3 Å². The van der Waals surface area contributed by atoms with Crippen LogP contribution < -0.4 is 10.2 Å². The summed E-state index contributed by atoms with van der Waals surface area (Å²) in [6, 6.07) is 7.30. The molecule has 0 bridgehead atoms. The normalized spacial score (nSPS) is 14.2. The lowest BCUT2D eigenvalue weighted by Crippen LogP contribution is -2.23. The second-order valence-corrected chi connectivity index (χ2v) is 7.24. The van der Waals surface area contributed by atoms with Crippen molar-refractivity contribution in [2.75, 3.05) is 16.8 Å². The predicted molar refractivity (Wildman–Crippen MR) is 113 cm³/mol. The van der Waals surface area contributed by atoms with E-state index in [1.54, 1.807) is 27.8 Å². The number of unbranched alkanes of at least 4 members (excludes halogenated alkanes) is 1. The monoisotopic (exact) mass is 400 g/mol. The third-order valence-corrected chi connectivity index (χ3v) is 5.15. The van der Waals surface area contributed by atoms with E-state index in [9.17, 15) is 9.59 Å². The number of carbonyl (C=O) groups excluding carboxylic acids is 2. The quantitative estimate of drug-likeness (QED) is 0.699. The van der Waals surface area contributed by atoms with E-state index >= 15 is 0 Å². The van der Waals surface area contributed by atoms with Gasteiger partial charge in [-0.1, -0.05) is 24.9 Å². The van der Waals surface area contributed by atoms with E-state index < -0.39 is 0 Å². The van der Waals surface area contributed by atoms with Crippen molar-refractivity contribution in [2.24, 2.45) is 0 Å². The Labute approximate surface area is 170 Å². The topological polar surface area (TPSA) is 67.2 Å². The van der Waals surface area contributed by atoms with Gasteiger partial charge in [0, 0.05) is 42.5 Å². The number of rotatable bonds is 7. The highest BCUT2D eigenvalue weighted by Gasteiger charge is 2.21. The lowest BCUT2D eigenvalue weighted by molar-refractivity contribution is -0.117. The molecule has 0 saturated carbocycles. The number of carbonyl (C=O) groups is 2. The molecule has 1 aromatic heterocycles. The molecule has 3 rings (SSSR count). The maximum absolute atomic E-state index is 12.2. The van der Waals surface area contributed by atoms with E-state index in [4.69, 9.17) is 11.6 Å². The second-order valence-electron chi connectivity index (χ2n) is 6.88. The minimum atomic E-state index is -0.248. The molecule has 0 spiro atoms. The minimum Gasteiger partial charge on any atom is -0.323 e. The van der Waals surface area contributed by atoms with Gasteiger partial charge in [-0.15, -0.1) is 0 Å². The summed E-state index contributed by atoms with van der Waals surface area (Å²) < 4.78 is 1.77. The van der Waals surface area contributed by atoms with E-state index in [-0.39, 0.29) is 11.8 Å². The van der Waals surface area contributed by atoms with Crippen LogP contribution in [-0.2, 0) is 16.1 Å². The first-order valence-electron chi connectivity index (χ1n) is 9.62. The third kappa shape index (κ3) is 4.62. The van der Waals surface area contributed by atoms with Gasteiger partial charge in [0.2, 0.25) is 11.8 Å². The predicted octanol–water partition coefficient (Wildman–Crippen LogP) is 4.42. The lowest BCUT2D eigenvalue weighted by Gasteiger charge is -2.15. The van der Waals surface area contributed by atoms with Gasteiger partial charge in [0.25, 0.3) is 0 Å². The maximum Gasteiger partial charge on any atom is 0.248 e. The van der Waals surface area contributed by atoms with Crippen LogP contribution in [0.25, 0.3) is 6.08 Å². The molecule has 2 amide bonds. The van der Waals surface area contributed by atoms with Crippen molar-refractivity contribution in [3.8, 4) is 0 Å². The highest BCUT2D eigenvalue weighted by atomic mass is 35.5. The number of anilines is 2. The number of halogens is 1. The first-order valence-corrected chi connectivity index (χ1v) is 9.99. The van der Waals surface area contributed by atoms with E-state index in [2.05, 4.69) is 17.3 Å². The Kier molecular flexibility index (Phi) is 6.52. The van der Waals surface area contributed by atoms with Crippen LogP contribution >= 0.6 is 11.6 Å². The van der Waals surface area contributed by atoms with Gasteiger partial charge in [0.1, 0.15) is 5.15 Å². The summed E-state index contributed by atoms with van der Waals surface area (Å²) >= 11 is 6.39. The summed E-state index contributed by atoms with van der Waals surface area (Å²) in [4.78, 5) is 25.8. The molecule has 2 heterocycles. The molecule has 1 saturated heterocycles. The van der Waals surface area contributed by atoms with Crippen LogP contribution in [0.2, 0.25) is 5.15 Å². The summed E-state index contributed by atoms with van der Waals surface area (Å²) in [5.74, 6) is -0.103. The van der Waals surface area contributed by atoms with Crippen molar-refractivity contribution in [3.05, 3.63) is 46.8 Å². The summed E-state index contributed by atoms with van der Waals surface area (Å²) in [5, 5.41) is 7.81. The molecule has 2 aromatic rings. The van der Waals surface area contributed by atoms with Crippen LogP contribution in [0.3, 0.4) is 0 Å². The van der Waals surface area contributed by atoms with Gasteiger partial charge in [0.05, 0.1) is 5.69 Å². The summed E-state index contributed by atoms with van der Waals surface area (Å²) in [6.07, 6.45) is 6.70. The Morgan fingerprint density at radius 2 is 2.07 bits per heavy atom. The molecule has 7 heteroatoms. The highest BCUT2D eigenvalue weighted by Crippen LogP contribution is 2.24. The molecule has 6 nitrogen and oxygen atoms in total. The van der Waals surface area contributed by atoms with E-state index in [1.165, 1.54) is 6.08 Å². The average molecular weight is 401 g/mol. The zero-order valence-electron chi connectivity index (χ0n) is 16.2. The first kappa shape index (κ1) is 20.1. The van der Waals surface area contributed by atoms with Gasteiger partial charge < -0.3 is 10.2 Å². The summed E-state index contributed by atoms with van der Waals surface area (Å²) in [7, 11) is 0. The Morgan fingerprint density at radius 3 is 2.71 bits per heavy atom. The summed E-state index contributed by atoms with van der Waals surface area (Å²) in [6.45, 7) is 5.51. The van der Waals surface area contributed by atoms with Crippen LogP contribution in [0.4, 0.5) is 11.4 Å². The largest absolute Gasteiger partial charge is 0.323 e. The minimum absolute atomic E-state index is 0.145. The molecule has 0 aliphatic carbocycles. The fourth-order valence-electron chi connectivity index (χ4n) is 3.20. The molecule has 0 atom stereocenters. The number of amides is 2. The van der Waals surface area contributed by atoms with Crippen molar-refractivity contribution in [2.45, 2.75) is 46.1 Å². The van der Waals surface area contributed by atoms with Gasteiger partial charge in [0.15, 0.2) is 0 Å². The van der Waals surface area contributed by atoms with Crippen LogP contribution in [0.15, 0.2) is 30.3 Å². The fraction of sp³-hybridized carbons (Fsp3) is 0.381. The van der Waals surface area contributed by atoms with Gasteiger partial charge in [-0.25, -0.2) is 0 Å². The number of nitrogens with zero attached hydrogens (tertiary/aromatic N) is 3. The molecule has 1 aromatic carbocycles. The number of aryl methyl sites for hydroxylation is 2. The molecule has 1 fully saturated rings. The maximum atomic E-state index is 12.2. The van der Waals surface area contributed by atoms with Crippen molar-refractivity contribution in [1.29, 1.82) is 0 Å².